The van der Waals surface area contributed by atoms with Crippen LogP contribution in [0.1, 0.15) is 24.8 Å². The predicted molar refractivity (Wildman–Crippen MR) is 84.0 cm³/mol. The van der Waals surface area contributed by atoms with Crippen LogP contribution in [0.4, 0.5) is 0 Å². The Labute approximate surface area is 124 Å². The van der Waals surface area contributed by atoms with E-state index in [2.05, 4.69) is 28.3 Å². The Morgan fingerprint density at radius 1 is 1.20 bits per heavy atom. The van der Waals surface area contributed by atoms with Crippen molar-refractivity contribution in [3.05, 3.63) is 47.7 Å². The van der Waals surface area contributed by atoms with Crippen molar-refractivity contribution in [1.29, 1.82) is 0 Å². The number of nitrogens with one attached hydrogen (secondary N) is 3. The van der Waals surface area contributed by atoms with Gasteiger partial charge in [0.25, 0.3) is 0 Å². The van der Waals surface area contributed by atoms with Gasteiger partial charge in [-0.3, -0.25) is 10.2 Å². The highest BCUT2D eigenvalue weighted by Gasteiger charge is 2.09. The summed E-state index contributed by atoms with van der Waals surface area (Å²) >= 11 is 5.17. The molecule has 0 aliphatic heterocycles. The van der Waals surface area contributed by atoms with Crippen molar-refractivity contribution in [1.82, 2.24) is 16.2 Å². The van der Waals surface area contributed by atoms with Crippen LogP contribution in [0.5, 0.6) is 0 Å². The highest BCUT2D eigenvalue weighted by molar-refractivity contribution is 7.80. The van der Waals surface area contributed by atoms with Crippen LogP contribution in [0, 0.1) is 0 Å². The molecule has 106 valence electrons. The van der Waals surface area contributed by atoms with Crippen LogP contribution in [0.15, 0.2) is 42.1 Å². The first-order chi connectivity index (χ1) is 9.74. The second-order valence-electron chi connectivity index (χ2n) is 4.73. The van der Waals surface area contributed by atoms with Gasteiger partial charge in [-0.25, -0.2) is 0 Å². The number of hydrazine groups is 1. The van der Waals surface area contributed by atoms with Crippen molar-refractivity contribution in [3.63, 3.8) is 0 Å². The first-order valence-electron chi connectivity index (χ1n) is 6.81. The van der Waals surface area contributed by atoms with Gasteiger partial charge < -0.3 is 10.7 Å². The van der Waals surface area contributed by atoms with Gasteiger partial charge in [0, 0.05) is 24.7 Å². The Morgan fingerprint density at radius 2 is 2.00 bits per heavy atom. The third-order valence-electron chi connectivity index (χ3n) is 3.08. The van der Waals surface area contributed by atoms with Gasteiger partial charge in [0.1, 0.15) is 0 Å². The van der Waals surface area contributed by atoms with Gasteiger partial charge in [-0.15, -0.1) is 0 Å². The van der Waals surface area contributed by atoms with Gasteiger partial charge in [-0.2, -0.15) is 0 Å². The second-order valence-corrected chi connectivity index (χ2v) is 5.14. The lowest BCUT2D eigenvalue weighted by Gasteiger charge is -2.17. The van der Waals surface area contributed by atoms with Crippen LogP contribution in [0.2, 0.25) is 0 Å². The molecule has 0 heterocycles. The highest BCUT2D eigenvalue weighted by atomic mass is 32.1. The van der Waals surface area contributed by atoms with Crippen LogP contribution in [-0.4, -0.2) is 17.4 Å². The van der Waals surface area contributed by atoms with Crippen molar-refractivity contribution < 1.29 is 4.79 Å². The normalized spacial score (nSPS) is 14.4. The van der Waals surface area contributed by atoms with E-state index in [4.69, 9.17) is 12.2 Å². The maximum absolute atomic E-state index is 11.3. The number of allylic oxidation sites excluding steroid dienone is 2. The minimum atomic E-state index is 0.170. The maximum Gasteiger partial charge on any atom is 0.185 e. The summed E-state index contributed by atoms with van der Waals surface area (Å²) in [6.45, 7) is 0.773. The summed E-state index contributed by atoms with van der Waals surface area (Å²) in [5, 5.41) is 3.67. The summed E-state index contributed by atoms with van der Waals surface area (Å²) in [5.41, 5.74) is 8.07. The SMILES string of the molecule is O=C1C=C(NNC(=S)NCCc2ccccc2)CCC1. The van der Waals surface area contributed by atoms with Gasteiger partial charge in [-0.05, 0) is 37.0 Å². The Hall–Kier alpha value is -1.88. The number of hydrogen-bond acceptors (Lipinski definition) is 3. The zero-order valence-electron chi connectivity index (χ0n) is 11.3. The molecule has 0 saturated carbocycles. The molecule has 0 atom stereocenters. The van der Waals surface area contributed by atoms with Gasteiger partial charge in [0.05, 0.1) is 0 Å². The monoisotopic (exact) mass is 289 g/mol. The van der Waals surface area contributed by atoms with Crippen molar-refractivity contribution in [2.24, 2.45) is 0 Å². The fraction of sp³-hybridized carbons (Fsp3) is 0.333. The molecular weight excluding hydrogens is 270 g/mol. The van der Waals surface area contributed by atoms with Crippen molar-refractivity contribution in [2.75, 3.05) is 6.54 Å². The minimum absolute atomic E-state index is 0.170. The van der Waals surface area contributed by atoms with Crippen LogP contribution >= 0.6 is 12.2 Å². The van der Waals surface area contributed by atoms with Crippen molar-refractivity contribution in [3.8, 4) is 0 Å². The van der Waals surface area contributed by atoms with Crippen LogP contribution in [-0.2, 0) is 11.2 Å². The molecule has 1 aromatic rings. The molecule has 1 aromatic carbocycles. The first kappa shape index (κ1) is 14.5. The number of thiocarbonyl (C=S) groups is 1. The first-order valence-corrected chi connectivity index (χ1v) is 7.22. The summed E-state index contributed by atoms with van der Waals surface area (Å²) in [7, 11) is 0. The Kier molecular flexibility index (Phi) is 5.55. The molecule has 0 bridgehead atoms. The number of ketones is 1. The van der Waals surface area contributed by atoms with E-state index < -0.39 is 0 Å². The van der Waals surface area contributed by atoms with E-state index in [9.17, 15) is 4.79 Å². The standard InChI is InChI=1S/C15H19N3OS/c19-14-8-4-7-13(11-14)17-18-15(20)16-10-9-12-5-2-1-3-6-12/h1-3,5-6,11,17H,4,7-10H2,(H2,16,18,20). The largest absolute Gasteiger partial charge is 0.361 e. The fourth-order valence-electron chi connectivity index (χ4n) is 2.04. The molecule has 0 spiro atoms. The Balaban J connectivity index is 1.64. The van der Waals surface area contributed by atoms with E-state index >= 15 is 0 Å². The molecule has 0 amide bonds. The van der Waals surface area contributed by atoms with Crippen LogP contribution in [0.3, 0.4) is 0 Å². The third-order valence-corrected chi connectivity index (χ3v) is 3.33. The lowest BCUT2D eigenvalue weighted by molar-refractivity contribution is -0.115. The fourth-order valence-corrected chi connectivity index (χ4v) is 2.19. The molecule has 3 N–H and O–H groups in total. The molecular formula is C15H19N3OS. The molecule has 0 aromatic heterocycles. The zero-order chi connectivity index (χ0) is 14.2. The van der Waals surface area contributed by atoms with E-state index in [0.29, 0.717) is 11.5 Å². The highest BCUT2D eigenvalue weighted by Crippen LogP contribution is 2.11. The predicted octanol–water partition coefficient (Wildman–Crippen LogP) is 1.83. The summed E-state index contributed by atoms with van der Waals surface area (Å²) in [6, 6.07) is 10.2. The van der Waals surface area contributed by atoms with Gasteiger partial charge >= 0.3 is 0 Å². The average molecular weight is 289 g/mol. The number of hydrogen-bond donors (Lipinski definition) is 3. The number of carbonyl (C=O) groups excluding carboxylic acids is 1. The lowest BCUT2D eigenvalue weighted by atomic mass is 10.0. The number of benzene rings is 1. The van der Waals surface area contributed by atoms with Gasteiger partial charge in [0.2, 0.25) is 0 Å². The third kappa shape index (κ3) is 5.01. The zero-order valence-corrected chi connectivity index (χ0v) is 12.1. The second kappa shape index (κ2) is 7.65. The van der Waals surface area contributed by atoms with Gasteiger partial charge in [-0.1, -0.05) is 30.3 Å². The van der Waals surface area contributed by atoms with E-state index in [1.165, 1.54) is 5.56 Å². The van der Waals surface area contributed by atoms with E-state index in [1.807, 2.05) is 18.2 Å². The quantitative estimate of drug-likeness (QED) is 0.570. The summed E-state index contributed by atoms with van der Waals surface area (Å²) in [5.74, 6) is 0.170. The van der Waals surface area contributed by atoms with Crippen LogP contribution in [0.25, 0.3) is 0 Å². The van der Waals surface area contributed by atoms with E-state index in [-0.39, 0.29) is 5.78 Å². The molecule has 20 heavy (non-hydrogen) atoms. The van der Waals surface area contributed by atoms with E-state index in [0.717, 1.165) is 31.5 Å². The Bertz CT molecular complexity index is 499. The topological polar surface area (TPSA) is 53.2 Å². The number of carbonyl (C=O) groups is 1. The van der Waals surface area contributed by atoms with E-state index in [1.54, 1.807) is 6.08 Å². The van der Waals surface area contributed by atoms with Crippen molar-refractivity contribution >= 4 is 23.1 Å². The summed E-state index contributed by atoms with van der Waals surface area (Å²) in [4.78, 5) is 11.3. The molecule has 5 heteroatoms. The minimum Gasteiger partial charge on any atom is -0.361 e. The molecule has 0 saturated heterocycles. The molecule has 0 radical (unpaired) electrons. The van der Waals surface area contributed by atoms with Gasteiger partial charge in [0.15, 0.2) is 10.9 Å². The Morgan fingerprint density at radius 3 is 2.75 bits per heavy atom. The van der Waals surface area contributed by atoms with Crippen molar-refractivity contribution in [2.45, 2.75) is 25.7 Å². The molecule has 0 unspecified atom stereocenters. The number of rotatable bonds is 5. The summed E-state index contributed by atoms with van der Waals surface area (Å²) in [6.07, 6.45) is 4.98. The average Bonchev–Trinajstić information content (AvgIpc) is 2.46. The molecule has 0 fully saturated rings. The lowest BCUT2D eigenvalue weighted by Crippen LogP contribution is -2.44. The molecule has 1 aliphatic carbocycles. The smallest absolute Gasteiger partial charge is 0.185 e. The summed E-state index contributed by atoms with van der Waals surface area (Å²) < 4.78 is 0. The molecule has 2 rings (SSSR count). The van der Waals surface area contributed by atoms with Crippen LogP contribution < -0.4 is 16.2 Å². The molecule has 4 nitrogen and oxygen atoms in total. The maximum atomic E-state index is 11.3. The molecule has 1 aliphatic rings.